The van der Waals surface area contributed by atoms with E-state index >= 15 is 0 Å². The Morgan fingerprint density at radius 1 is 1.12 bits per heavy atom. The lowest BCUT2D eigenvalue weighted by Gasteiger charge is -2.22. The number of amides is 1. The number of aromatic nitrogens is 1. The molecule has 1 aromatic heterocycles. The van der Waals surface area contributed by atoms with Crippen molar-refractivity contribution in [2.45, 2.75) is 13.8 Å². The van der Waals surface area contributed by atoms with Crippen molar-refractivity contribution in [2.24, 2.45) is 5.92 Å². The third-order valence-electron chi connectivity index (χ3n) is 3.96. The van der Waals surface area contributed by atoms with Crippen LogP contribution in [-0.2, 0) is 4.79 Å². The number of hydrogen-bond acceptors (Lipinski definition) is 2. The fourth-order valence-electron chi connectivity index (χ4n) is 2.99. The highest BCUT2D eigenvalue weighted by atomic mass is 16.4. The number of aliphatic carboxylic acids is 1. The first-order chi connectivity index (χ1) is 11.5. The summed E-state index contributed by atoms with van der Waals surface area (Å²) in [6, 6.07) is 13.7. The van der Waals surface area contributed by atoms with E-state index in [1.165, 1.54) is 4.90 Å². The van der Waals surface area contributed by atoms with Crippen LogP contribution in [0, 0.1) is 5.92 Å². The van der Waals surface area contributed by atoms with Gasteiger partial charge in [0, 0.05) is 17.4 Å². The molecule has 0 aliphatic rings. The molecule has 0 bridgehead atoms. The molecule has 3 aromatic rings. The Morgan fingerprint density at radius 2 is 1.88 bits per heavy atom. The van der Waals surface area contributed by atoms with Gasteiger partial charge in [-0.15, -0.1) is 0 Å². The van der Waals surface area contributed by atoms with E-state index in [-0.39, 0.29) is 18.4 Å². The Morgan fingerprint density at radius 3 is 2.58 bits per heavy atom. The smallest absolute Gasteiger partial charge is 0.323 e. The molecule has 0 spiro atoms. The maximum absolute atomic E-state index is 12.8. The lowest BCUT2D eigenvalue weighted by Crippen LogP contribution is -2.38. The van der Waals surface area contributed by atoms with Crippen molar-refractivity contribution in [3.8, 4) is 0 Å². The van der Waals surface area contributed by atoms with Crippen LogP contribution in [0.2, 0.25) is 0 Å². The summed E-state index contributed by atoms with van der Waals surface area (Å²) in [6.07, 6.45) is 0. The number of benzene rings is 2. The molecule has 0 fully saturated rings. The van der Waals surface area contributed by atoms with E-state index in [0.29, 0.717) is 12.2 Å². The van der Waals surface area contributed by atoms with Gasteiger partial charge in [0.2, 0.25) is 0 Å². The molecule has 5 nitrogen and oxygen atoms in total. The van der Waals surface area contributed by atoms with E-state index < -0.39 is 5.97 Å². The van der Waals surface area contributed by atoms with E-state index in [1.54, 1.807) is 0 Å². The number of rotatable bonds is 5. The number of aromatic amines is 1. The van der Waals surface area contributed by atoms with Crippen molar-refractivity contribution in [3.63, 3.8) is 0 Å². The summed E-state index contributed by atoms with van der Waals surface area (Å²) in [5, 5.41) is 12.2. The molecule has 24 heavy (non-hydrogen) atoms. The van der Waals surface area contributed by atoms with Crippen molar-refractivity contribution < 1.29 is 14.7 Å². The highest BCUT2D eigenvalue weighted by Gasteiger charge is 2.21. The summed E-state index contributed by atoms with van der Waals surface area (Å²) < 4.78 is 0. The Hall–Kier alpha value is -2.82. The van der Waals surface area contributed by atoms with Crippen molar-refractivity contribution in [1.82, 2.24) is 9.88 Å². The topological polar surface area (TPSA) is 73.4 Å². The number of nitrogens with one attached hydrogen (secondary N) is 1. The SMILES string of the molecule is CC(C)CN(CC(=O)O)C(=O)c1cc2c(ccc3ccccc32)[nH]1. The van der Waals surface area contributed by atoms with Crippen LogP contribution in [0.4, 0.5) is 0 Å². The minimum atomic E-state index is -1.01. The summed E-state index contributed by atoms with van der Waals surface area (Å²) in [7, 11) is 0. The molecule has 0 saturated heterocycles. The van der Waals surface area contributed by atoms with Crippen LogP contribution in [0.3, 0.4) is 0 Å². The lowest BCUT2D eigenvalue weighted by atomic mass is 10.1. The highest BCUT2D eigenvalue weighted by Crippen LogP contribution is 2.26. The molecule has 0 aliphatic carbocycles. The zero-order valence-electron chi connectivity index (χ0n) is 13.7. The predicted octanol–water partition coefficient (Wildman–Crippen LogP) is 3.50. The maximum atomic E-state index is 12.8. The van der Waals surface area contributed by atoms with Gasteiger partial charge in [0.05, 0.1) is 0 Å². The van der Waals surface area contributed by atoms with E-state index in [4.69, 9.17) is 5.11 Å². The highest BCUT2D eigenvalue weighted by molar-refractivity contribution is 6.10. The van der Waals surface area contributed by atoms with Gasteiger partial charge < -0.3 is 15.0 Å². The van der Waals surface area contributed by atoms with Gasteiger partial charge in [-0.3, -0.25) is 9.59 Å². The third-order valence-corrected chi connectivity index (χ3v) is 3.96. The van der Waals surface area contributed by atoms with Crippen LogP contribution < -0.4 is 0 Å². The van der Waals surface area contributed by atoms with Gasteiger partial charge in [-0.2, -0.15) is 0 Å². The van der Waals surface area contributed by atoms with Crippen molar-refractivity contribution in [2.75, 3.05) is 13.1 Å². The summed E-state index contributed by atoms with van der Waals surface area (Å²) in [4.78, 5) is 28.3. The van der Waals surface area contributed by atoms with Crippen molar-refractivity contribution >= 4 is 33.6 Å². The first kappa shape index (κ1) is 16.1. The summed E-state index contributed by atoms with van der Waals surface area (Å²) >= 11 is 0. The molecule has 0 unspecified atom stereocenters. The third kappa shape index (κ3) is 3.11. The Bertz CT molecular complexity index is 911. The van der Waals surface area contributed by atoms with Crippen LogP contribution in [0.15, 0.2) is 42.5 Å². The molecular weight excluding hydrogens is 304 g/mol. The van der Waals surface area contributed by atoms with Crippen LogP contribution in [0.1, 0.15) is 24.3 Å². The molecule has 0 radical (unpaired) electrons. The predicted molar refractivity (Wildman–Crippen MR) is 94.2 cm³/mol. The zero-order chi connectivity index (χ0) is 17.3. The Labute approximate surface area is 139 Å². The molecular formula is C19H20N2O3. The molecule has 1 heterocycles. The number of carboxylic acids is 1. The summed E-state index contributed by atoms with van der Waals surface area (Å²) in [5.74, 6) is -1.10. The Balaban J connectivity index is 2.02. The molecule has 1 amide bonds. The molecule has 0 atom stereocenters. The van der Waals surface area contributed by atoms with Crippen molar-refractivity contribution in [1.29, 1.82) is 0 Å². The number of carbonyl (C=O) groups excluding carboxylic acids is 1. The Kier molecular flexibility index (Phi) is 4.25. The zero-order valence-corrected chi connectivity index (χ0v) is 13.7. The largest absolute Gasteiger partial charge is 0.480 e. The van der Waals surface area contributed by atoms with Gasteiger partial charge >= 0.3 is 5.97 Å². The van der Waals surface area contributed by atoms with E-state index in [1.807, 2.05) is 56.3 Å². The van der Waals surface area contributed by atoms with E-state index in [0.717, 1.165) is 21.7 Å². The van der Waals surface area contributed by atoms with E-state index in [9.17, 15) is 9.59 Å². The molecule has 3 rings (SSSR count). The average Bonchev–Trinajstić information content (AvgIpc) is 2.97. The van der Waals surface area contributed by atoms with Gasteiger partial charge in [-0.25, -0.2) is 0 Å². The number of nitrogens with zero attached hydrogens (tertiary/aromatic N) is 1. The molecule has 0 aliphatic heterocycles. The van der Waals surface area contributed by atoms with Crippen molar-refractivity contribution in [3.05, 3.63) is 48.2 Å². The number of carbonyl (C=O) groups is 2. The quantitative estimate of drug-likeness (QED) is 0.754. The minimum Gasteiger partial charge on any atom is -0.480 e. The molecule has 2 N–H and O–H groups in total. The molecule has 0 saturated carbocycles. The summed E-state index contributed by atoms with van der Waals surface area (Å²) in [6.45, 7) is 4.02. The van der Waals surface area contributed by atoms with Gasteiger partial charge in [0.25, 0.3) is 5.91 Å². The van der Waals surface area contributed by atoms with Crippen LogP contribution >= 0.6 is 0 Å². The number of hydrogen-bond donors (Lipinski definition) is 2. The second kappa shape index (κ2) is 6.35. The average molecular weight is 324 g/mol. The van der Waals surface area contributed by atoms with Crippen LogP contribution in [-0.4, -0.2) is 40.0 Å². The second-order valence-electron chi connectivity index (χ2n) is 6.40. The van der Waals surface area contributed by atoms with E-state index in [2.05, 4.69) is 4.98 Å². The first-order valence-electron chi connectivity index (χ1n) is 7.97. The number of fused-ring (bicyclic) bond motifs is 3. The lowest BCUT2D eigenvalue weighted by molar-refractivity contribution is -0.137. The second-order valence-corrected chi connectivity index (χ2v) is 6.40. The molecule has 5 heteroatoms. The molecule has 124 valence electrons. The van der Waals surface area contributed by atoms with Gasteiger partial charge in [-0.05, 0) is 28.8 Å². The van der Waals surface area contributed by atoms with Gasteiger partial charge in [0.15, 0.2) is 0 Å². The van der Waals surface area contributed by atoms with Gasteiger partial charge in [0.1, 0.15) is 12.2 Å². The van der Waals surface area contributed by atoms with Gasteiger partial charge in [-0.1, -0.05) is 44.2 Å². The fourth-order valence-corrected chi connectivity index (χ4v) is 2.99. The summed E-state index contributed by atoms with van der Waals surface area (Å²) in [5.41, 5.74) is 1.29. The molecule has 2 aromatic carbocycles. The maximum Gasteiger partial charge on any atom is 0.323 e. The standard InChI is InChI=1S/C19H20N2O3/c1-12(2)10-21(11-18(22)23)19(24)17-9-15-14-6-4-3-5-13(14)7-8-16(15)20-17/h3-9,12,20H,10-11H2,1-2H3,(H,22,23). The minimum absolute atomic E-state index is 0.193. The first-order valence-corrected chi connectivity index (χ1v) is 7.97. The fraction of sp³-hybridized carbons (Fsp3) is 0.263. The monoisotopic (exact) mass is 324 g/mol. The number of H-pyrrole nitrogens is 1. The van der Waals surface area contributed by atoms with Crippen LogP contribution in [0.25, 0.3) is 21.7 Å². The number of carboxylic acid groups (broad SMARTS) is 1. The normalized spacial score (nSPS) is 11.3. The van der Waals surface area contributed by atoms with Crippen LogP contribution in [0.5, 0.6) is 0 Å².